The van der Waals surface area contributed by atoms with Crippen molar-refractivity contribution in [2.24, 2.45) is 0 Å². The number of anilines is 1. The van der Waals surface area contributed by atoms with Crippen LogP contribution in [-0.4, -0.2) is 16.3 Å². The minimum Gasteiger partial charge on any atom is -0.398 e. The van der Waals surface area contributed by atoms with Crippen LogP contribution in [0.15, 0.2) is 12.1 Å². The fourth-order valence-corrected chi connectivity index (χ4v) is 3.02. The third-order valence-corrected chi connectivity index (χ3v) is 4.09. The van der Waals surface area contributed by atoms with Crippen LogP contribution in [0.5, 0.6) is 0 Å². The maximum atomic E-state index is 11.4. The van der Waals surface area contributed by atoms with E-state index in [2.05, 4.69) is 4.98 Å². The van der Waals surface area contributed by atoms with E-state index in [1.54, 1.807) is 11.3 Å². The molecule has 1 atom stereocenters. The first-order valence-electron chi connectivity index (χ1n) is 4.69. The summed E-state index contributed by atoms with van der Waals surface area (Å²) in [6.07, 6.45) is 0. The Morgan fingerprint density at radius 2 is 2.31 bits per heavy atom. The highest BCUT2D eigenvalue weighted by Crippen LogP contribution is 2.29. The molecule has 2 rings (SSSR count). The highest BCUT2D eigenvalue weighted by Gasteiger charge is 2.12. The van der Waals surface area contributed by atoms with Crippen LogP contribution in [0, 0.1) is 6.92 Å². The largest absolute Gasteiger partial charge is 0.398 e. The summed E-state index contributed by atoms with van der Waals surface area (Å²) < 4.78 is 17.2. The van der Waals surface area contributed by atoms with Crippen molar-refractivity contribution >= 4 is 38.3 Å². The smallest absolute Gasteiger partial charge is 0.159 e. The third-order valence-electron chi connectivity index (χ3n) is 2.26. The van der Waals surface area contributed by atoms with Crippen LogP contribution in [0.4, 0.5) is 5.69 Å². The van der Waals surface area contributed by atoms with Crippen LogP contribution in [0.25, 0.3) is 10.2 Å². The summed E-state index contributed by atoms with van der Waals surface area (Å²) in [6, 6.07) is 3.76. The first-order valence-corrected chi connectivity index (χ1v) is 6.75. The lowest BCUT2D eigenvalue weighted by Gasteiger charge is -2.04. The lowest BCUT2D eigenvalue weighted by atomic mass is 10.2. The molecular formula is C10H12N2O2S2. The number of hydrogen-bond acceptors (Lipinski definition) is 5. The minimum absolute atomic E-state index is 0.281. The minimum atomic E-state index is -1.35. The van der Waals surface area contributed by atoms with Gasteiger partial charge in [0, 0.05) is 11.3 Å². The van der Waals surface area contributed by atoms with Gasteiger partial charge in [0.1, 0.15) is 0 Å². The van der Waals surface area contributed by atoms with Gasteiger partial charge in [-0.2, -0.15) is 0 Å². The van der Waals surface area contributed by atoms with Crippen LogP contribution in [0.3, 0.4) is 0 Å². The molecule has 1 heterocycles. The normalized spacial score (nSPS) is 13.1. The van der Waals surface area contributed by atoms with Gasteiger partial charge in [-0.25, -0.2) is 9.19 Å². The predicted molar refractivity (Wildman–Crippen MR) is 67.6 cm³/mol. The monoisotopic (exact) mass is 256 g/mol. The Bertz CT molecular complexity index is 551. The highest BCUT2D eigenvalue weighted by atomic mass is 32.2. The van der Waals surface area contributed by atoms with E-state index in [9.17, 15) is 4.21 Å². The zero-order chi connectivity index (χ0) is 11.7. The van der Waals surface area contributed by atoms with Gasteiger partial charge < -0.3 is 5.73 Å². The molecule has 0 amide bonds. The molecule has 0 fully saturated rings. The molecule has 16 heavy (non-hydrogen) atoms. The first kappa shape index (κ1) is 11.5. The van der Waals surface area contributed by atoms with E-state index in [-0.39, 0.29) is 5.75 Å². The van der Waals surface area contributed by atoms with E-state index in [1.165, 1.54) is 7.11 Å². The van der Waals surface area contributed by atoms with Crippen LogP contribution >= 0.6 is 11.3 Å². The molecule has 0 saturated heterocycles. The summed E-state index contributed by atoms with van der Waals surface area (Å²) in [5, 5.41) is 0.977. The van der Waals surface area contributed by atoms with E-state index < -0.39 is 11.1 Å². The Hall–Kier alpha value is -0.980. The third kappa shape index (κ3) is 2.09. The van der Waals surface area contributed by atoms with Crippen molar-refractivity contribution in [3.05, 3.63) is 22.7 Å². The molecule has 2 aromatic rings. The maximum absolute atomic E-state index is 11.4. The van der Waals surface area contributed by atoms with Gasteiger partial charge in [0.25, 0.3) is 0 Å². The Morgan fingerprint density at radius 1 is 1.56 bits per heavy atom. The number of thiazole rings is 1. The SMILES string of the molecule is CO[S@@](=O)Cc1c(N)ccc2sc(C)nc12. The highest BCUT2D eigenvalue weighted by molar-refractivity contribution is 7.79. The standard InChI is InChI=1S/C10H12N2O2S2/c1-6-12-10-7(5-16(13)14-2)8(11)3-4-9(10)15-6/h3-4H,5,11H2,1-2H3/t16-/m1/s1. The topological polar surface area (TPSA) is 65.2 Å². The summed E-state index contributed by atoms with van der Waals surface area (Å²) >= 11 is 0.253. The number of rotatable bonds is 3. The molecule has 0 bridgehead atoms. The Morgan fingerprint density at radius 3 is 3.00 bits per heavy atom. The summed E-state index contributed by atoms with van der Waals surface area (Å²) in [5.74, 6) is 0.281. The van der Waals surface area contributed by atoms with Crippen molar-refractivity contribution in [3.8, 4) is 0 Å². The molecule has 0 aliphatic heterocycles. The molecule has 0 saturated carbocycles. The van der Waals surface area contributed by atoms with Gasteiger partial charge in [-0.05, 0) is 19.1 Å². The quantitative estimate of drug-likeness (QED) is 0.853. The molecular weight excluding hydrogens is 244 g/mol. The molecule has 6 heteroatoms. The second-order valence-corrected chi connectivity index (χ2v) is 5.79. The molecule has 86 valence electrons. The van der Waals surface area contributed by atoms with Gasteiger partial charge >= 0.3 is 0 Å². The zero-order valence-corrected chi connectivity index (χ0v) is 10.7. The van der Waals surface area contributed by atoms with E-state index in [1.807, 2.05) is 19.1 Å². The molecule has 4 nitrogen and oxygen atoms in total. The van der Waals surface area contributed by atoms with Crippen molar-refractivity contribution in [2.75, 3.05) is 12.8 Å². The van der Waals surface area contributed by atoms with Crippen molar-refractivity contribution in [1.29, 1.82) is 0 Å². The molecule has 0 unspecified atom stereocenters. The van der Waals surface area contributed by atoms with Crippen LogP contribution in [0.2, 0.25) is 0 Å². The van der Waals surface area contributed by atoms with Crippen molar-refractivity contribution in [3.63, 3.8) is 0 Å². The maximum Gasteiger partial charge on any atom is 0.159 e. The lowest BCUT2D eigenvalue weighted by Crippen LogP contribution is -2.02. The molecule has 2 N–H and O–H groups in total. The molecule has 0 spiro atoms. The number of nitrogens with zero attached hydrogens (tertiary/aromatic N) is 1. The number of benzene rings is 1. The number of nitrogen functional groups attached to an aromatic ring is 1. The van der Waals surface area contributed by atoms with Gasteiger partial charge in [0.05, 0.1) is 28.1 Å². The predicted octanol–water partition coefficient (Wildman–Crippen LogP) is 2.00. The average Bonchev–Trinajstić information content (AvgIpc) is 2.63. The van der Waals surface area contributed by atoms with Crippen LogP contribution in [0.1, 0.15) is 10.6 Å². The van der Waals surface area contributed by atoms with Crippen LogP contribution < -0.4 is 5.73 Å². The van der Waals surface area contributed by atoms with Crippen LogP contribution in [-0.2, 0) is 21.0 Å². The summed E-state index contributed by atoms with van der Waals surface area (Å²) in [5.41, 5.74) is 8.14. The second kappa shape index (κ2) is 4.48. The summed E-state index contributed by atoms with van der Waals surface area (Å²) in [4.78, 5) is 4.41. The van der Waals surface area contributed by atoms with Crippen molar-refractivity contribution in [1.82, 2.24) is 4.98 Å². The number of aromatic nitrogens is 1. The van der Waals surface area contributed by atoms with Gasteiger partial charge in [-0.3, -0.25) is 4.18 Å². The van der Waals surface area contributed by atoms with E-state index in [0.717, 1.165) is 20.8 Å². The number of hydrogen-bond donors (Lipinski definition) is 1. The van der Waals surface area contributed by atoms with Crippen molar-refractivity contribution in [2.45, 2.75) is 12.7 Å². The number of nitrogens with two attached hydrogens (primary N) is 1. The van der Waals surface area contributed by atoms with E-state index in [4.69, 9.17) is 9.92 Å². The van der Waals surface area contributed by atoms with Gasteiger partial charge in [0.2, 0.25) is 0 Å². The Kier molecular flexibility index (Phi) is 3.22. The molecule has 1 aromatic heterocycles. The molecule has 0 aliphatic carbocycles. The summed E-state index contributed by atoms with van der Waals surface area (Å²) in [7, 11) is 1.42. The fourth-order valence-electron chi connectivity index (χ4n) is 1.50. The zero-order valence-electron chi connectivity index (χ0n) is 9.02. The van der Waals surface area contributed by atoms with E-state index >= 15 is 0 Å². The first-order chi connectivity index (χ1) is 7.61. The average molecular weight is 256 g/mol. The van der Waals surface area contributed by atoms with Gasteiger partial charge in [-0.1, -0.05) is 0 Å². The van der Waals surface area contributed by atoms with Gasteiger partial charge in [-0.15, -0.1) is 11.3 Å². The second-order valence-electron chi connectivity index (χ2n) is 3.33. The molecule has 1 aromatic carbocycles. The molecule has 0 radical (unpaired) electrons. The van der Waals surface area contributed by atoms with Gasteiger partial charge in [0.15, 0.2) is 11.1 Å². The number of fused-ring (bicyclic) bond motifs is 1. The summed E-state index contributed by atoms with van der Waals surface area (Å²) in [6.45, 7) is 1.94. The Balaban J connectivity index is 2.56. The lowest BCUT2D eigenvalue weighted by molar-refractivity contribution is 0.445. The van der Waals surface area contributed by atoms with Crippen molar-refractivity contribution < 1.29 is 8.39 Å². The van der Waals surface area contributed by atoms with E-state index in [0.29, 0.717) is 5.69 Å². The number of aryl methyl sites for hydroxylation is 1. The fraction of sp³-hybridized carbons (Fsp3) is 0.300. The molecule has 0 aliphatic rings. The Labute approximate surface area is 100 Å².